The first-order chi connectivity index (χ1) is 12.6. The zero-order valence-corrected chi connectivity index (χ0v) is 14.9. The average Bonchev–Trinajstić information content (AvgIpc) is 3.02. The van der Waals surface area contributed by atoms with Crippen molar-refractivity contribution in [2.75, 3.05) is 11.9 Å². The number of ether oxygens (including phenoxy) is 1. The highest BCUT2D eigenvalue weighted by Gasteiger charge is 2.10. The van der Waals surface area contributed by atoms with Gasteiger partial charge in [-0.3, -0.25) is 0 Å². The molecule has 1 aromatic heterocycles. The Morgan fingerprint density at radius 2 is 1.77 bits per heavy atom. The van der Waals surface area contributed by atoms with E-state index in [1.54, 1.807) is 17.7 Å². The predicted molar refractivity (Wildman–Crippen MR) is 105 cm³/mol. The SMILES string of the molecule is CC(=N)/C=C(/COc1cc(C)nn1-c1ccccc1)Nc1ccccc1. The third-order valence-corrected chi connectivity index (χ3v) is 3.64. The molecule has 0 amide bonds. The molecule has 0 aliphatic carbocycles. The Hall–Kier alpha value is -3.34. The summed E-state index contributed by atoms with van der Waals surface area (Å²) in [6.07, 6.45) is 1.77. The van der Waals surface area contributed by atoms with Gasteiger partial charge in [0.25, 0.3) is 0 Å². The van der Waals surface area contributed by atoms with Gasteiger partial charge in [-0.1, -0.05) is 36.4 Å². The Kier molecular flexibility index (Phi) is 5.49. The van der Waals surface area contributed by atoms with Gasteiger partial charge in [0.2, 0.25) is 5.88 Å². The lowest BCUT2D eigenvalue weighted by atomic mass is 10.2. The number of anilines is 1. The summed E-state index contributed by atoms with van der Waals surface area (Å²) >= 11 is 0. The van der Waals surface area contributed by atoms with Gasteiger partial charge in [-0.25, -0.2) is 4.68 Å². The van der Waals surface area contributed by atoms with Crippen LogP contribution in [0.1, 0.15) is 12.6 Å². The van der Waals surface area contributed by atoms with Gasteiger partial charge < -0.3 is 15.5 Å². The van der Waals surface area contributed by atoms with Crippen LogP contribution in [0.25, 0.3) is 5.69 Å². The number of benzene rings is 2. The second kappa shape index (κ2) is 8.16. The highest BCUT2D eigenvalue weighted by atomic mass is 16.5. The molecule has 132 valence electrons. The second-order valence-corrected chi connectivity index (χ2v) is 6.00. The molecule has 26 heavy (non-hydrogen) atoms. The van der Waals surface area contributed by atoms with Crippen molar-refractivity contribution < 1.29 is 4.74 Å². The van der Waals surface area contributed by atoms with E-state index in [9.17, 15) is 0 Å². The Bertz CT molecular complexity index is 898. The molecule has 0 saturated carbocycles. The third kappa shape index (κ3) is 4.60. The van der Waals surface area contributed by atoms with Crippen LogP contribution >= 0.6 is 0 Å². The molecule has 3 rings (SSSR count). The van der Waals surface area contributed by atoms with Crippen LogP contribution in [-0.4, -0.2) is 22.1 Å². The molecule has 0 saturated heterocycles. The standard InChI is InChI=1S/C21H22N4O/c1-16(22)13-19(23-18-9-5-3-6-10-18)15-26-21-14-17(2)24-25(21)20-11-7-4-8-12-20/h3-14,22-23H,15H2,1-2H3/b19-13-,22-16?. The first-order valence-corrected chi connectivity index (χ1v) is 8.44. The van der Waals surface area contributed by atoms with Crippen molar-refractivity contribution in [3.05, 3.63) is 84.2 Å². The van der Waals surface area contributed by atoms with Gasteiger partial charge in [0.15, 0.2) is 0 Å². The van der Waals surface area contributed by atoms with Gasteiger partial charge in [0, 0.05) is 17.5 Å². The molecule has 5 heteroatoms. The van der Waals surface area contributed by atoms with E-state index in [1.807, 2.05) is 73.7 Å². The number of rotatable bonds is 7. The van der Waals surface area contributed by atoms with Gasteiger partial charge in [-0.15, -0.1) is 0 Å². The molecule has 1 heterocycles. The summed E-state index contributed by atoms with van der Waals surface area (Å²) in [5.41, 5.74) is 4.05. The van der Waals surface area contributed by atoms with Gasteiger partial charge >= 0.3 is 0 Å². The highest BCUT2D eigenvalue weighted by molar-refractivity contribution is 5.91. The minimum absolute atomic E-state index is 0.309. The van der Waals surface area contributed by atoms with Crippen LogP contribution < -0.4 is 10.1 Å². The molecular formula is C21H22N4O. The molecule has 0 bridgehead atoms. The van der Waals surface area contributed by atoms with Crippen LogP contribution in [0.4, 0.5) is 5.69 Å². The minimum Gasteiger partial charge on any atom is -0.471 e. The van der Waals surface area contributed by atoms with Crippen molar-refractivity contribution in [2.45, 2.75) is 13.8 Å². The molecule has 0 unspecified atom stereocenters. The zero-order chi connectivity index (χ0) is 18.4. The van der Waals surface area contributed by atoms with Crippen LogP contribution in [0.3, 0.4) is 0 Å². The van der Waals surface area contributed by atoms with Gasteiger partial charge in [-0.05, 0) is 44.2 Å². The van der Waals surface area contributed by atoms with E-state index in [-0.39, 0.29) is 0 Å². The lowest BCUT2D eigenvalue weighted by Gasteiger charge is -2.13. The average molecular weight is 346 g/mol. The fraction of sp³-hybridized carbons (Fsp3) is 0.143. The molecule has 0 atom stereocenters. The number of allylic oxidation sites excluding steroid dienone is 1. The fourth-order valence-corrected chi connectivity index (χ4v) is 2.57. The summed E-state index contributed by atoms with van der Waals surface area (Å²) < 4.78 is 7.81. The maximum absolute atomic E-state index is 7.77. The van der Waals surface area contributed by atoms with Crippen molar-refractivity contribution in [2.24, 2.45) is 0 Å². The molecule has 0 aliphatic rings. The van der Waals surface area contributed by atoms with Crippen molar-refractivity contribution in [1.29, 1.82) is 5.41 Å². The Labute approximate surface area is 153 Å². The van der Waals surface area contributed by atoms with Crippen molar-refractivity contribution in [3.63, 3.8) is 0 Å². The Balaban J connectivity index is 1.79. The molecule has 0 aliphatic heterocycles. The Morgan fingerprint density at radius 1 is 1.12 bits per heavy atom. The van der Waals surface area contributed by atoms with Crippen LogP contribution in [0, 0.1) is 12.3 Å². The summed E-state index contributed by atoms with van der Waals surface area (Å²) in [5, 5.41) is 15.6. The molecule has 0 radical (unpaired) electrons. The number of hydrogen-bond donors (Lipinski definition) is 2. The largest absolute Gasteiger partial charge is 0.471 e. The normalized spacial score (nSPS) is 11.2. The zero-order valence-electron chi connectivity index (χ0n) is 14.9. The fourth-order valence-electron chi connectivity index (χ4n) is 2.57. The van der Waals surface area contributed by atoms with E-state index in [0.717, 1.165) is 22.8 Å². The smallest absolute Gasteiger partial charge is 0.217 e. The minimum atomic E-state index is 0.309. The van der Waals surface area contributed by atoms with E-state index in [0.29, 0.717) is 18.2 Å². The molecule has 0 spiro atoms. The van der Waals surface area contributed by atoms with Crippen molar-refractivity contribution >= 4 is 11.4 Å². The third-order valence-electron chi connectivity index (χ3n) is 3.64. The summed E-state index contributed by atoms with van der Waals surface area (Å²) in [7, 11) is 0. The topological polar surface area (TPSA) is 62.9 Å². The van der Waals surface area contributed by atoms with E-state index >= 15 is 0 Å². The first kappa shape index (κ1) is 17.5. The monoisotopic (exact) mass is 346 g/mol. The maximum Gasteiger partial charge on any atom is 0.217 e. The van der Waals surface area contributed by atoms with Crippen LogP contribution in [0.15, 0.2) is 78.5 Å². The summed E-state index contributed by atoms with van der Waals surface area (Å²) in [6.45, 7) is 3.99. The van der Waals surface area contributed by atoms with E-state index in [2.05, 4.69) is 10.4 Å². The molecule has 5 nitrogen and oxygen atoms in total. The van der Waals surface area contributed by atoms with Crippen LogP contribution in [0.2, 0.25) is 0 Å². The van der Waals surface area contributed by atoms with Gasteiger partial charge in [0.05, 0.1) is 17.1 Å². The number of aromatic nitrogens is 2. The van der Waals surface area contributed by atoms with Crippen LogP contribution in [-0.2, 0) is 0 Å². The summed E-state index contributed by atoms with van der Waals surface area (Å²) in [6, 6.07) is 21.6. The van der Waals surface area contributed by atoms with E-state index in [4.69, 9.17) is 10.1 Å². The lowest BCUT2D eigenvalue weighted by Crippen LogP contribution is -2.13. The second-order valence-electron chi connectivity index (χ2n) is 6.00. The van der Waals surface area contributed by atoms with E-state index in [1.165, 1.54) is 0 Å². The van der Waals surface area contributed by atoms with Gasteiger partial charge in [0.1, 0.15) is 6.61 Å². The molecule has 0 fully saturated rings. The number of hydrogen-bond acceptors (Lipinski definition) is 4. The van der Waals surface area contributed by atoms with E-state index < -0.39 is 0 Å². The Morgan fingerprint density at radius 3 is 2.42 bits per heavy atom. The highest BCUT2D eigenvalue weighted by Crippen LogP contribution is 2.20. The number of aryl methyl sites for hydroxylation is 1. The van der Waals surface area contributed by atoms with Crippen molar-refractivity contribution in [1.82, 2.24) is 9.78 Å². The molecule has 3 aromatic rings. The quantitative estimate of drug-likeness (QED) is 0.615. The lowest BCUT2D eigenvalue weighted by molar-refractivity contribution is 0.328. The maximum atomic E-state index is 7.77. The van der Waals surface area contributed by atoms with Crippen molar-refractivity contribution in [3.8, 4) is 11.6 Å². The number of nitrogens with zero attached hydrogens (tertiary/aromatic N) is 2. The summed E-state index contributed by atoms with van der Waals surface area (Å²) in [5.74, 6) is 0.664. The number of para-hydroxylation sites is 2. The molecule has 2 aromatic carbocycles. The molecular weight excluding hydrogens is 324 g/mol. The van der Waals surface area contributed by atoms with Gasteiger partial charge in [-0.2, -0.15) is 5.10 Å². The molecule has 2 N–H and O–H groups in total. The predicted octanol–water partition coefficient (Wildman–Crippen LogP) is 4.60. The first-order valence-electron chi connectivity index (χ1n) is 8.44. The number of nitrogens with one attached hydrogen (secondary N) is 2. The summed E-state index contributed by atoms with van der Waals surface area (Å²) in [4.78, 5) is 0. The van der Waals surface area contributed by atoms with Crippen LogP contribution in [0.5, 0.6) is 5.88 Å².